The van der Waals surface area contributed by atoms with Gasteiger partial charge in [0.1, 0.15) is 0 Å². The van der Waals surface area contributed by atoms with Crippen LogP contribution < -0.4 is 0 Å². The highest BCUT2D eigenvalue weighted by atomic mass is 16.4. The zero-order chi connectivity index (χ0) is 19.1. The summed E-state index contributed by atoms with van der Waals surface area (Å²) >= 11 is 0. The van der Waals surface area contributed by atoms with Gasteiger partial charge >= 0.3 is 5.97 Å². The first kappa shape index (κ1) is 18.9. The fraction of sp³-hybridized carbons (Fsp3) is 0.240. The SMILES string of the molecule is CC(c1ccc(-c2ccccc2)cc1)C(CCCc1ccccc1)C(=O)O. The average molecular weight is 358 g/mol. The van der Waals surface area contributed by atoms with Gasteiger partial charge in [-0.15, -0.1) is 0 Å². The summed E-state index contributed by atoms with van der Waals surface area (Å²) in [6, 6.07) is 28.8. The van der Waals surface area contributed by atoms with Crippen LogP contribution in [0.5, 0.6) is 0 Å². The minimum Gasteiger partial charge on any atom is -0.481 e. The molecule has 138 valence electrons. The molecule has 3 aromatic carbocycles. The van der Waals surface area contributed by atoms with Crippen molar-refractivity contribution in [1.82, 2.24) is 0 Å². The van der Waals surface area contributed by atoms with Crippen LogP contribution in [0.4, 0.5) is 0 Å². The van der Waals surface area contributed by atoms with Crippen molar-refractivity contribution >= 4 is 5.97 Å². The third-order valence-electron chi connectivity index (χ3n) is 5.29. The van der Waals surface area contributed by atoms with Crippen molar-refractivity contribution in [2.45, 2.75) is 32.1 Å². The van der Waals surface area contributed by atoms with Crippen molar-refractivity contribution in [2.75, 3.05) is 0 Å². The fourth-order valence-electron chi connectivity index (χ4n) is 3.60. The van der Waals surface area contributed by atoms with Gasteiger partial charge in [-0.1, -0.05) is 91.9 Å². The van der Waals surface area contributed by atoms with E-state index in [1.807, 2.05) is 43.3 Å². The quantitative estimate of drug-likeness (QED) is 0.522. The van der Waals surface area contributed by atoms with Crippen LogP contribution in [0.1, 0.15) is 36.8 Å². The van der Waals surface area contributed by atoms with E-state index < -0.39 is 5.97 Å². The molecule has 0 aliphatic rings. The van der Waals surface area contributed by atoms with Crippen molar-refractivity contribution in [3.05, 3.63) is 96.1 Å². The molecule has 0 fully saturated rings. The van der Waals surface area contributed by atoms with Crippen LogP contribution in [0.2, 0.25) is 0 Å². The van der Waals surface area contributed by atoms with Crippen molar-refractivity contribution in [2.24, 2.45) is 5.92 Å². The first-order valence-corrected chi connectivity index (χ1v) is 9.57. The van der Waals surface area contributed by atoms with Gasteiger partial charge in [0.05, 0.1) is 5.92 Å². The molecule has 0 aliphatic carbocycles. The molecule has 3 aromatic rings. The smallest absolute Gasteiger partial charge is 0.307 e. The van der Waals surface area contributed by atoms with E-state index in [0.717, 1.165) is 24.0 Å². The van der Waals surface area contributed by atoms with E-state index in [2.05, 4.69) is 48.5 Å². The van der Waals surface area contributed by atoms with Crippen molar-refractivity contribution in [3.8, 4) is 11.1 Å². The monoisotopic (exact) mass is 358 g/mol. The first-order valence-electron chi connectivity index (χ1n) is 9.57. The van der Waals surface area contributed by atoms with Gasteiger partial charge in [-0.3, -0.25) is 4.79 Å². The topological polar surface area (TPSA) is 37.3 Å². The number of carboxylic acids is 1. The minimum absolute atomic E-state index is 0.0110. The molecule has 0 saturated heterocycles. The third-order valence-corrected chi connectivity index (χ3v) is 5.29. The molecule has 0 aromatic heterocycles. The number of aryl methyl sites for hydroxylation is 1. The number of aliphatic carboxylic acids is 1. The molecule has 2 heteroatoms. The lowest BCUT2D eigenvalue weighted by atomic mass is 9.83. The predicted octanol–water partition coefficient (Wildman–Crippen LogP) is 6.18. The number of carboxylic acid groups (broad SMARTS) is 1. The van der Waals surface area contributed by atoms with Crippen molar-refractivity contribution < 1.29 is 9.90 Å². The molecule has 27 heavy (non-hydrogen) atoms. The highest BCUT2D eigenvalue weighted by molar-refractivity contribution is 5.71. The molecule has 0 amide bonds. The van der Waals surface area contributed by atoms with Crippen molar-refractivity contribution in [1.29, 1.82) is 0 Å². The number of rotatable bonds is 8. The van der Waals surface area contributed by atoms with E-state index >= 15 is 0 Å². The van der Waals surface area contributed by atoms with Gasteiger partial charge < -0.3 is 5.11 Å². The lowest BCUT2D eigenvalue weighted by Gasteiger charge is -2.21. The summed E-state index contributed by atoms with van der Waals surface area (Å²) in [4.78, 5) is 11.8. The fourth-order valence-corrected chi connectivity index (χ4v) is 3.60. The van der Waals surface area contributed by atoms with E-state index in [0.29, 0.717) is 6.42 Å². The standard InChI is InChI=1S/C25H26O2/c1-19(21-15-17-23(18-16-21)22-12-6-3-7-13-22)24(25(26)27)14-8-11-20-9-4-2-5-10-20/h2-7,9-10,12-13,15-19,24H,8,11,14H2,1H3,(H,26,27). The number of hydrogen-bond acceptors (Lipinski definition) is 1. The van der Waals surface area contributed by atoms with E-state index in [1.165, 1.54) is 11.1 Å². The van der Waals surface area contributed by atoms with Gasteiger partial charge in [-0.2, -0.15) is 0 Å². The molecule has 0 heterocycles. The molecule has 0 aliphatic heterocycles. The normalized spacial score (nSPS) is 13.1. The van der Waals surface area contributed by atoms with Crippen LogP contribution in [0.25, 0.3) is 11.1 Å². The second-order valence-electron chi connectivity index (χ2n) is 7.10. The van der Waals surface area contributed by atoms with Crippen LogP contribution in [0.3, 0.4) is 0 Å². The highest BCUT2D eigenvalue weighted by Gasteiger charge is 2.25. The molecule has 0 saturated carbocycles. The number of carbonyl (C=O) groups is 1. The van der Waals surface area contributed by atoms with Gasteiger partial charge in [0.2, 0.25) is 0 Å². The summed E-state index contributed by atoms with van der Waals surface area (Å²) in [5.74, 6) is -1.08. The summed E-state index contributed by atoms with van der Waals surface area (Å²) in [6.45, 7) is 2.03. The zero-order valence-electron chi connectivity index (χ0n) is 15.7. The molecule has 1 N–H and O–H groups in total. The predicted molar refractivity (Wildman–Crippen MR) is 111 cm³/mol. The van der Waals surface area contributed by atoms with Gasteiger partial charge in [-0.05, 0) is 47.4 Å². The van der Waals surface area contributed by atoms with E-state index in [4.69, 9.17) is 0 Å². The maximum Gasteiger partial charge on any atom is 0.307 e. The van der Waals surface area contributed by atoms with Crippen LogP contribution in [0.15, 0.2) is 84.9 Å². The Bertz CT molecular complexity index is 839. The summed E-state index contributed by atoms with van der Waals surface area (Å²) in [6.07, 6.45) is 2.49. The molecule has 0 radical (unpaired) electrons. The molecule has 2 nitrogen and oxygen atoms in total. The van der Waals surface area contributed by atoms with Gasteiger partial charge in [0.25, 0.3) is 0 Å². The third kappa shape index (κ3) is 5.07. The lowest BCUT2D eigenvalue weighted by molar-refractivity contribution is -0.142. The van der Waals surface area contributed by atoms with Crippen LogP contribution >= 0.6 is 0 Å². The summed E-state index contributed by atoms with van der Waals surface area (Å²) in [7, 11) is 0. The maximum atomic E-state index is 11.8. The zero-order valence-corrected chi connectivity index (χ0v) is 15.7. The Labute approximate surface area is 161 Å². The Morgan fingerprint density at radius 2 is 1.37 bits per heavy atom. The second kappa shape index (κ2) is 9.18. The minimum atomic E-state index is -0.706. The van der Waals surface area contributed by atoms with E-state index in [9.17, 15) is 9.90 Å². The Balaban J connectivity index is 1.65. The van der Waals surface area contributed by atoms with Gasteiger partial charge in [0.15, 0.2) is 0 Å². The number of hydrogen-bond donors (Lipinski definition) is 1. The van der Waals surface area contributed by atoms with E-state index in [1.54, 1.807) is 0 Å². The molecular formula is C25H26O2. The largest absolute Gasteiger partial charge is 0.481 e. The Hall–Kier alpha value is -2.87. The first-order chi connectivity index (χ1) is 13.1. The summed E-state index contributed by atoms with van der Waals surface area (Å²) < 4.78 is 0. The Kier molecular flexibility index (Phi) is 6.43. The molecule has 3 rings (SSSR count). The maximum absolute atomic E-state index is 11.8. The molecule has 2 unspecified atom stereocenters. The highest BCUT2D eigenvalue weighted by Crippen LogP contribution is 2.30. The number of benzene rings is 3. The Morgan fingerprint density at radius 3 is 1.96 bits per heavy atom. The van der Waals surface area contributed by atoms with Gasteiger partial charge in [-0.25, -0.2) is 0 Å². The molecule has 0 spiro atoms. The van der Waals surface area contributed by atoms with Crippen molar-refractivity contribution in [3.63, 3.8) is 0 Å². The van der Waals surface area contributed by atoms with Crippen LogP contribution in [0, 0.1) is 5.92 Å². The summed E-state index contributed by atoms with van der Waals surface area (Å²) in [5, 5.41) is 9.73. The second-order valence-corrected chi connectivity index (χ2v) is 7.10. The van der Waals surface area contributed by atoms with E-state index in [-0.39, 0.29) is 11.8 Å². The van der Waals surface area contributed by atoms with Crippen LogP contribution in [-0.2, 0) is 11.2 Å². The molecular weight excluding hydrogens is 332 g/mol. The molecule has 0 bridgehead atoms. The lowest BCUT2D eigenvalue weighted by Crippen LogP contribution is -2.20. The summed E-state index contributed by atoms with van der Waals surface area (Å²) in [5.41, 5.74) is 4.68. The Morgan fingerprint density at radius 1 is 0.815 bits per heavy atom. The molecule has 2 atom stereocenters. The average Bonchev–Trinajstić information content (AvgIpc) is 2.72. The van der Waals surface area contributed by atoms with Crippen LogP contribution in [-0.4, -0.2) is 11.1 Å². The van der Waals surface area contributed by atoms with Gasteiger partial charge in [0, 0.05) is 0 Å².